The SMILES string of the molecule is CNCC1CN(Cc2ccc(Br)c(C)c2)CCO1. The molecule has 0 amide bonds. The van der Waals surface area contributed by atoms with E-state index < -0.39 is 0 Å². The second kappa shape index (κ2) is 6.66. The second-order valence-electron chi connectivity index (χ2n) is 4.87. The molecule has 0 saturated carbocycles. The molecule has 1 fully saturated rings. The Labute approximate surface area is 118 Å². The van der Waals surface area contributed by atoms with Crippen LogP contribution >= 0.6 is 15.9 Å². The number of rotatable bonds is 4. The number of hydrogen-bond donors (Lipinski definition) is 1. The summed E-state index contributed by atoms with van der Waals surface area (Å²) in [5.74, 6) is 0. The molecule has 4 heteroatoms. The lowest BCUT2D eigenvalue weighted by molar-refractivity contribution is -0.0291. The standard InChI is InChI=1S/C14H21BrN2O/c1-11-7-12(3-4-14(11)15)9-17-5-6-18-13(10-17)8-16-2/h3-4,7,13,16H,5-6,8-10H2,1-2H3. The zero-order valence-electron chi connectivity index (χ0n) is 11.1. The molecular formula is C14H21BrN2O. The third-order valence-corrected chi connectivity index (χ3v) is 4.17. The number of halogens is 1. The summed E-state index contributed by atoms with van der Waals surface area (Å²) in [5.41, 5.74) is 2.67. The fourth-order valence-electron chi connectivity index (χ4n) is 2.34. The molecule has 1 aliphatic rings. The first-order valence-corrected chi connectivity index (χ1v) is 7.22. The maximum atomic E-state index is 5.72. The minimum absolute atomic E-state index is 0.320. The summed E-state index contributed by atoms with van der Waals surface area (Å²) in [4.78, 5) is 2.47. The van der Waals surface area contributed by atoms with Crippen LogP contribution in [-0.2, 0) is 11.3 Å². The van der Waals surface area contributed by atoms with Crippen LogP contribution in [0.5, 0.6) is 0 Å². The van der Waals surface area contributed by atoms with Gasteiger partial charge in [-0.2, -0.15) is 0 Å². The van der Waals surface area contributed by atoms with Gasteiger partial charge in [-0.1, -0.05) is 28.1 Å². The number of nitrogens with one attached hydrogen (secondary N) is 1. The van der Waals surface area contributed by atoms with Gasteiger partial charge in [-0.3, -0.25) is 4.90 Å². The molecule has 1 unspecified atom stereocenters. The summed E-state index contributed by atoms with van der Waals surface area (Å²) in [6.45, 7) is 6.94. The quantitative estimate of drug-likeness (QED) is 0.922. The summed E-state index contributed by atoms with van der Waals surface area (Å²) < 4.78 is 6.90. The molecule has 1 aromatic carbocycles. The second-order valence-corrected chi connectivity index (χ2v) is 5.72. The fraction of sp³-hybridized carbons (Fsp3) is 0.571. The third kappa shape index (κ3) is 3.79. The van der Waals surface area contributed by atoms with E-state index in [2.05, 4.69) is 51.3 Å². The summed E-state index contributed by atoms with van der Waals surface area (Å²) in [5, 5.41) is 3.18. The van der Waals surface area contributed by atoms with Gasteiger partial charge in [0.25, 0.3) is 0 Å². The predicted octanol–water partition coefficient (Wildman–Crippen LogP) is 2.18. The Morgan fingerprint density at radius 2 is 2.33 bits per heavy atom. The van der Waals surface area contributed by atoms with E-state index in [0.717, 1.165) is 32.8 Å². The van der Waals surface area contributed by atoms with Gasteiger partial charge in [0.05, 0.1) is 12.7 Å². The molecule has 1 saturated heterocycles. The summed E-state index contributed by atoms with van der Waals surface area (Å²) in [6.07, 6.45) is 0.320. The van der Waals surface area contributed by atoms with E-state index in [1.165, 1.54) is 15.6 Å². The molecular weight excluding hydrogens is 292 g/mol. The molecule has 1 atom stereocenters. The monoisotopic (exact) mass is 312 g/mol. The molecule has 0 spiro atoms. The molecule has 1 aliphatic heterocycles. The average molecular weight is 313 g/mol. The normalized spacial score (nSPS) is 21.2. The Kier molecular flexibility index (Phi) is 5.18. The van der Waals surface area contributed by atoms with Gasteiger partial charge in [0.15, 0.2) is 0 Å². The molecule has 3 nitrogen and oxygen atoms in total. The molecule has 1 N–H and O–H groups in total. The highest BCUT2D eigenvalue weighted by Crippen LogP contribution is 2.18. The van der Waals surface area contributed by atoms with Crippen LogP contribution in [0.15, 0.2) is 22.7 Å². The van der Waals surface area contributed by atoms with E-state index in [-0.39, 0.29) is 0 Å². The van der Waals surface area contributed by atoms with Crippen molar-refractivity contribution in [2.75, 3.05) is 33.3 Å². The van der Waals surface area contributed by atoms with Gasteiger partial charge >= 0.3 is 0 Å². The van der Waals surface area contributed by atoms with E-state index in [0.29, 0.717) is 6.10 Å². The van der Waals surface area contributed by atoms with Crippen molar-refractivity contribution >= 4 is 15.9 Å². The Balaban J connectivity index is 1.93. The number of benzene rings is 1. The van der Waals surface area contributed by atoms with Crippen molar-refractivity contribution in [3.05, 3.63) is 33.8 Å². The molecule has 2 rings (SSSR count). The number of hydrogen-bond acceptors (Lipinski definition) is 3. The van der Waals surface area contributed by atoms with Crippen LogP contribution in [0.4, 0.5) is 0 Å². The van der Waals surface area contributed by atoms with E-state index >= 15 is 0 Å². The molecule has 1 aromatic rings. The van der Waals surface area contributed by atoms with Crippen molar-refractivity contribution in [1.29, 1.82) is 0 Å². The fourth-order valence-corrected chi connectivity index (χ4v) is 2.59. The van der Waals surface area contributed by atoms with Crippen LogP contribution in [0.3, 0.4) is 0 Å². The molecule has 0 radical (unpaired) electrons. The van der Waals surface area contributed by atoms with Gasteiger partial charge in [-0.05, 0) is 31.2 Å². The predicted molar refractivity (Wildman–Crippen MR) is 77.8 cm³/mol. The van der Waals surface area contributed by atoms with E-state index in [1.54, 1.807) is 0 Å². The van der Waals surface area contributed by atoms with Crippen LogP contribution in [0.2, 0.25) is 0 Å². The van der Waals surface area contributed by atoms with Gasteiger partial charge in [0.2, 0.25) is 0 Å². The average Bonchev–Trinajstić information content (AvgIpc) is 2.35. The van der Waals surface area contributed by atoms with Crippen molar-refractivity contribution in [1.82, 2.24) is 10.2 Å². The van der Waals surface area contributed by atoms with Crippen LogP contribution in [0.1, 0.15) is 11.1 Å². The Morgan fingerprint density at radius 1 is 1.50 bits per heavy atom. The number of ether oxygens (including phenoxy) is 1. The molecule has 100 valence electrons. The van der Waals surface area contributed by atoms with E-state index in [4.69, 9.17) is 4.74 Å². The van der Waals surface area contributed by atoms with Gasteiger partial charge in [-0.15, -0.1) is 0 Å². The van der Waals surface area contributed by atoms with Crippen molar-refractivity contribution in [3.63, 3.8) is 0 Å². The number of nitrogens with zero attached hydrogens (tertiary/aromatic N) is 1. The van der Waals surface area contributed by atoms with Crippen molar-refractivity contribution in [2.24, 2.45) is 0 Å². The molecule has 1 heterocycles. The highest BCUT2D eigenvalue weighted by Gasteiger charge is 2.19. The highest BCUT2D eigenvalue weighted by molar-refractivity contribution is 9.10. The zero-order valence-corrected chi connectivity index (χ0v) is 12.7. The first kappa shape index (κ1) is 14.0. The van der Waals surface area contributed by atoms with Crippen LogP contribution in [0, 0.1) is 6.92 Å². The van der Waals surface area contributed by atoms with Gasteiger partial charge in [0, 0.05) is 30.7 Å². The maximum absolute atomic E-state index is 5.72. The van der Waals surface area contributed by atoms with Gasteiger partial charge in [-0.25, -0.2) is 0 Å². The van der Waals surface area contributed by atoms with Gasteiger partial charge in [0.1, 0.15) is 0 Å². The van der Waals surface area contributed by atoms with Gasteiger partial charge < -0.3 is 10.1 Å². The Bertz CT molecular complexity index is 395. The highest BCUT2D eigenvalue weighted by atomic mass is 79.9. The molecule has 0 aliphatic carbocycles. The number of morpholine rings is 1. The van der Waals surface area contributed by atoms with Crippen molar-refractivity contribution in [3.8, 4) is 0 Å². The van der Waals surface area contributed by atoms with Crippen LogP contribution in [0.25, 0.3) is 0 Å². The van der Waals surface area contributed by atoms with E-state index in [1.807, 2.05) is 7.05 Å². The minimum Gasteiger partial charge on any atom is -0.374 e. The van der Waals surface area contributed by atoms with Crippen molar-refractivity contribution < 1.29 is 4.74 Å². The summed E-state index contributed by atoms with van der Waals surface area (Å²) in [6, 6.07) is 6.59. The topological polar surface area (TPSA) is 24.5 Å². The number of aryl methyl sites for hydroxylation is 1. The van der Waals surface area contributed by atoms with Crippen LogP contribution < -0.4 is 5.32 Å². The smallest absolute Gasteiger partial charge is 0.0826 e. The minimum atomic E-state index is 0.320. The molecule has 0 aromatic heterocycles. The summed E-state index contributed by atoms with van der Waals surface area (Å²) in [7, 11) is 1.97. The summed E-state index contributed by atoms with van der Waals surface area (Å²) >= 11 is 3.54. The Hall–Kier alpha value is -0.420. The molecule has 18 heavy (non-hydrogen) atoms. The first-order valence-electron chi connectivity index (χ1n) is 6.42. The largest absolute Gasteiger partial charge is 0.374 e. The maximum Gasteiger partial charge on any atom is 0.0826 e. The van der Waals surface area contributed by atoms with Crippen molar-refractivity contribution in [2.45, 2.75) is 19.6 Å². The zero-order chi connectivity index (χ0) is 13.0. The first-order chi connectivity index (χ1) is 8.69. The number of likely N-dealkylation sites (N-methyl/N-ethyl adjacent to an activating group) is 1. The lowest BCUT2D eigenvalue weighted by Crippen LogP contribution is -2.45. The lowest BCUT2D eigenvalue weighted by Gasteiger charge is -2.33. The third-order valence-electron chi connectivity index (χ3n) is 3.28. The van der Waals surface area contributed by atoms with Crippen LogP contribution in [-0.4, -0.2) is 44.3 Å². The molecule has 0 bridgehead atoms. The Morgan fingerprint density at radius 3 is 3.06 bits per heavy atom. The van der Waals surface area contributed by atoms with E-state index in [9.17, 15) is 0 Å². The lowest BCUT2D eigenvalue weighted by atomic mass is 10.1.